The number of carbonyl (C=O) groups excluding carboxylic acids is 2. The van der Waals surface area contributed by atoms with Crippen LogP contribution in [0.5, 0.6) is 0 Å². The molecule has 4 rings (SSSR count). The van der Waals surface area contributed by atoms with Gasteiger partial charge in [-0.1, -0.05) is 13.0 Å². The van der Waals surface area contributed by atoms with Crippen molar-refractivity contribution in [2.75, 3.05) is 11.1 Å². The van der Waals surface area contributed by atoms with Crippen LogP contribution in [0.4, 0.5) is 20.3 Å². The molecule has 1 fully saturated rings. The second-order valence-electron chi connectivity index (χ2n) is 8.06. The standard InChI is InChI=1S/C24H23F2N5O3/c1-2-12-9-17(30-24(34)21(32)13-7-14(25)10-15(26)8-13)5-6-18(12)19-11-28-22(27)20(31-19)23(33)29-16-3-4-16/h5-11,16,21,32H,2-4H2,1H3,(H2,27,28)(H,29,33)(H,30,34)/t21-/m1/s1. The van der Waals surface area contributed by atoms with Crippen LogP contribution in [0.1, 0.15) is 47.5 Å². The van der Waals surface area contributed by atoms with Crippen molar-refractivity contribution >= 4 is 23.3 Å². The first-order valence-corrected chi connectivity index (χ1v) is 10.8. The van der Waals surface area contributed by atoms with Crippen LogP contribution in [0.25, 0.3) is 11.3 Å². The van der Waals surface area contributed by atoms with Crippen molar-refractivity contribution in [1.82, 2.24) is 15.3 Å². The maximum Gasteiger partial charge on any atom is 0.273 e. The fourth-order valence-corrected chi connectivity index (χ4v) is 3.49. The van der Waals surface area contributed by atoms with Crippen molar-refractivity contribution in [1.29, 1.82) is 0 Å². The third kappa shape index (κ3) is 5.18. The zero-order valence-electron chi connectivity index (χ0n) is 18.3. The number of carbonyl (C=O) groups is 2. The minimum Gasteiger partial charge on any atom is -0.382 e. The van der Waals surface area contributed by atoms with Crippen molar-refractivity contribution in [3.05, 3.63) is 71.1 Å². The van der Waals surface area contributed by atoms with Crippen molar-refractivity contribution in [3.63, 3.8) is 0 Å². The maximum atomic E-state index is 13.4. The summed E-state index contributed by atoms with van der Waals surface area (Å²) in [5.41, 5.74) is 8.01. The Balaban J connectivity index is 1.56. The lowest BCUT2D eigenvalue weighted by Crippen LogP contribution is -2.27. The summed E-state index contributed by atoms with van der Waals surface area (Å²) < 4.78 is 26.8. The number of aliphatic hydroxyl groups is 1. The van der Waals surface area contributed by atoms with Gasteiger partial charge in [-0.15, -0.1) is 0 Å². The molecule has 0 spiro atoms. The highest BCUT2D eigenvalue weighted by Crippen LogP contribution is 2.28. The first kappa shape index (κ1) is 23.2. The molecule has 2 amide bonds. The summed E-state index contributed by atoms with van der Waals surface area (Å²) >= 11 is 0. The van der Waals surface area contributed by atoms with Gasteiger partial charge >= 0.3 is 0 Å². The number of nitrogens with two attached hydrogens (primary N) is 1. The van der Waals surface area contributed by atoms with Crippen LogP contribution >= 0.6 is 0 Å². The number of nitrogen functional groups attached to an aromatic ring is 1. The Labute approximate surface area is 194 Å². The molecule has 10 heteroatoms. The number of benzene rings is 2. The largest absolute Gasteiger partial charge is 0.382 e. The van der Waals surface area contributed by atoms with Gasteiger partial charge in [0.25, 0.3) is 11.8 Å². The number of anilines is 2. The van der Waals surface area contributed by atoms with Gasteiger partial charge in [0, 0.05) is 23.4 Å². The van der Waals surface area contributed by atoms with Crippen LogP contribution < -0.4 is 16.4 Å². The Morgan fingerprint density at radius 2 is 1.88 bits per heavy atom. The van der Waals surface area contributed by atoms with Crippen LogP contribution in [0.3, 0.4) is 0 Å². The molecule has 0 aliphatic heterocycles. The summed E-state index contributed by atoms with van der Waals surface area (Å²) in [5, 5.41) is 15.6. The lowest BCUT2D eigenvalue weighted by molar-refractivity contribution is -0.124. The smallest absolute Gasteiger partial charge is 0.273 e. The molecule has 0 bridgehead atoms. The highest BCUT2D eigenvalue weighted by Gasteiger charge is 2.26. The number of aliphatic hydroxyl groups excluding tert-OH is 1. The van der Waals surface area contributed by atoms with Gasteiger partial charge in [-0.25, -0.2) is 18.7 Å². The molecule has 0 radical (unpaired) electrons. The van der Waals surface area contributed by atoms with Gasteiger partial charge in [0.2, 0.25) is 0 Å². The van der Waals surface area contributed by atoms with Crippen molar-refractivity contribution in [2.45, 2.75) is 38.3 Å². The summed E-state index contributed by atoms with van der Waals surface area (Å²) in [4.78, 5) is 33.4. The number of nitrogens with one attached hydrogen (secondary N) is 2. The molecule has 0 saturated heterocycles. The van der Waals surface area contributed by atoms with Gasteiger partial charge in [0.1, 0.15) is 11.6 Å². The first-order chi connectivity index (χ1) is 16.2. The molecule has 3 aromatic rings. The molecule has 2 aromatic carbocycles. The number of hydrogen-bond donors (Lipinski definition) is 4. The Morgan fingerprint density at radius 1 is 1.18 bits per heavy atom. The van der Waals surface area contributed by atoms with Gasteiger partial charge < -0.3 is 21.5 Å². The Hall–Kier alpha value is -3.92. The molecular weight excluding hydrogens is 444 g/mol. The molecule has 5 N–H and O–H groups in total. The highest BCUT2D eigenvalue weighted by atomic mass is 19.1. The fraction of sp³-hybridized carbons (Fsp3) is 0.250. The van der Waals surface area contributed by atoms with Crippen LogP contribution in [-0.4, -0.2) is 32.9 Å². The third-order valence-corrected chi connectivity index (χ3v) is 5.41. The summed E-state index contributed by atoms with van der Waals surface area (Å²) in [6.45, 7) is 1.90. The zero-order valence-corrected chi connectivity index (χ0v) is 18.3. The average Bonchev–Trinajstić information content (AvgIpc) is 3.62. The van der Waals surface area contributed by atoms with Gasteiger partial charge in [-0.2, -0.15) is 0 Å². The molecule has 34 heavy (non-hydrogen) atoms. The number of nitrogens with zero attached hydrogens (tertiary/aromatic N) is 2. The molecule has 8 nitrogen and oxygen atoms in total. The highest BCUT2D eigenvalue weighted by molar-refractivity contribution is 5.97. The molecule has 1 atom stereocenters. The van der Waals surface area contributed by atoms with Gasteiger partial charge in [-0.3, -0.25) is 9.59 Å². The number of aryl methyl sites for hydroxylation is 1. The van der Waals surface area contributed by atoms with Gasteiger partial charge in [0.05, 0.1) is 11.9 Å². The normalized spacial score (nSPS) is 13.9. The number of halogens is 2. The molecular formula is C24H23F2N5O3. The van der Waals surface area contributed by atoms with Crippen molar-refractivity contribution in [3.8, 4) is 11.3 Å². The molecule has 1 aromatic heterocycles. The summed E-state index contributed by atoms with van der Waals surface area (Å²) in [7, 11) is 0. The summed E-state index contributed by atoms with van der Waals surface area (Å²) in [5.74, 6) is -2.97. The van der Waals surface area contributed by atoms with Crippen LogP contribution in [0, 0.1) is 11.6 Å². The van der Waals surface area contributed by atoms with E-state index in [2.05, 4.69) is 20.6 Å². The fourth-order valence-electron chi connectivity index (χ4n) is 3.49. The van der Waals surface area contributed by atoms with Crippen LogP contribution in [0.15, 0.2) is 42.6 Å². The quantitative estimate of drug-likeness (QED) is 0.422. The molecule has 176 valence electrons. The Morgan fingerprint density at radius 3 is 2.53 bits per heavy atom. The van der Waals surface area contributed by atoms with Gasteiger partial charge in [-0.05, 0) is 54.7 Å². The number of rotatable bonds is 7. The van der Waals surface area contributed by atoms with E-state index in [1.54, 1.807) is 18.2 Å². The average molecular weight is 467 g/mol. The first-order valence-electron chi connectivity index (χ1n) is 10.8. The van der Waals surface area contributed by atoms with E-state index in [1.165, 1.54) is 6.20 Å². The van der Waals surface area contributed by atoms with Crippen LogP contribution in [-0.2, 0) is 11.2 Å². The SMILES string of the molecule is CCc1cc(NC(=O)[C@H](O)c2cc(F)cc(F)c2)ccc1-c1cnc(N)c(C(=O)NC2CC2)n1. The third-order valence-electron chi connectivity index (χ3n) is 5.41. The van der Waals surface area contributed by atoms with E-state index in [0.29, 0.717) is 29.4 Å². The lowest BCUT2D eigenvalue weighted by atomic mass is 10.0. The lowest BCUT2D eigenvalue weighted by Gasteiger charge is -2.15. The van der Waals surface area contributed by atoms with E-state index in [9.17, 15) is 23.5 Å². The van der Waals surface area contributed by atoms with Crippen molar-refractivity contribution < 1.29 is 23.5 Å². The minimum absolute atomic E-state index is 0.0339. The van der Waals surface area contributed by atoms with Crippen LogP contribution in [0.2, 0.25) is 0 Å². The van der Waals surface area contributed by atoms with E-state index in [-0.39, 0.29) is 29.0 Å². The van der Waals surface area contributed by atoms with Crippen molar-refractivity contribution in [2.24, 2.45) is 0 Å². The van der Waals surface area contributed by atoms with Gasteiger partial charge in [0.15, 0.2) is 17.6 Å². The Kier molecular flexibility index (Phi) is 6.51. The predicted octanol–water partition coefficient (Wildman–Crippen LogP) is 3.13. The number of hydrogen-bond acceptors (Lipinski definition) is 6. The predicted molar refractivity (Wildman–Crippen MR) is 122 cm³/mol. The van der Waals surface area contributed by atoms with E-state index in [0.717, 1.165) is 30.5 Å². The summed E-state index contributed by atoms with van der Waals surface area (Å²) in [6.07, 6.45) is 2.12. The minimum atomic E-state index is -1.76. The second-order valence-corrected chi connectivity index (χ2v) is 8.06. The molecule has 1 heterocycles. The topological polar surface area (TPSA) is 130 Å². The summed E-state index contributed by atoms with van der Waals surface area (Å²) in [6, 6.07) is 7.56. The molecule has 1 aliphatic carbocycles. The monoisotopic (exact) mass is 467 g/mol. The number of amides is 2. The zero-order chi connectivity index (χ0) is 24.4. The molecule has 1 saturated carbocycles. The van der Waals surface area contributed by atoms with E-state index < -0.39 is 23.6 Å². The van der Waals surface area contributed by atoms with E-state index in [1.807, 2.05) is 6.92 Å². The molecule has 0 unspecified atom stereocenters. The second kappa shape index (κ2) is 9.52. The number of aromatic nitrogens is 2. The van der Waals surface area contributed by atoms with E-state index >= 15 is 0 Å². The Bertz CT molecular complexity index is 1240. The van der Waals surface area contributed by atoms with E-state index in [4.69, 9.17) is 5.73 Å². The molecule has 1 aliphatic rings. The maximum absolute atomic E-state index is 13.4.